The smallest absolute Gasteiger partial charge is 0.0412 e. The van der Waals surface area contributed by atoms with E-state index in [9.17, 15) is 0 Å². The van der Waals surface area contributed by atoms with E-state index >= 15 is 0 Å². The minimum Gasteiger partial charge on any atom is -0.0843 e. The van der Waals surface area contributed by atoms with Gasteiger partial charge in [-0.05, 0) is 57.6 Å². The van der Waals surface area contributed by atoms with E-state index in [0.717, 1.165) is 11.4 Å². The fourth-order valence-electron chi connectivity index (χ4n) is 2.86. The molecule has 0 heterocycles. The molecule has 0 amide bonds. The van der Waals surface area contributed by atoms with Crippen molar-refractivity contribution in [3.8, 4) is 11.1 Å². The van der Waals surface area contributed by atoms with Crippen LogP contribution in [0.3, 0.4) is 0 Å². The number of rotatable bonds is 0. The number of hydrogen-bond acceptors (Lipinski definition) is 0. The Bertz CT molecular complexity index is 772. The second-order valence-electron chi connectivity index (χ2n) is 4.83. The van der Waals surface area contributed by atoms with Crippen LogP contribution in [0.25, 0.3) is 21.9 Å². The summed E-state index contributed by atoms with van der Waals surface area (Å²) in [6.45, 7) is 0. The fraction of sp³-hybridized carbons (Fsp3) is 0.111. The zero-order valence-electron chi connectivity index (χ0n) is 9.78. The average molecular weight is 267 g/mol. The maximum atomic E-state index is 6.06. The highest BCUT2D eigenvalue weighted by Crippen LogP contribution is 2.38. The van der Waals surface area contributed by atoms with Crippen molar-refractivity contribution in [1.29, 1.82) is 0 Å². The molecule has 3 aromatic carbocycles. The third kappa shape index (κ3) is 1.84. The van der Waals surface area contributed by atoms with Crippen LogP contribution in [0.15, 0.2) is 54.6 Å². The Balaban J connectivity index is 0.00000110. The van der Waals surface area contributed by atoms with Gasteiger partial charge in [-0.15, -0.1) is 0 Å². The van der Waals surface area contributed by atoms with E-state index in [1.54, 1.807) is 0 Å². The zero-order chi connectivity index (χ0) is 12.1. The molecule has 0 unspecified atom stereocenters. The lowest BCUT2D eigenvalue weighted by Crippen LogP contribution is -1.81. The van der Waals surface area contributed by atoms with Crippen LogP contribution in [0.5, 0.6) is 0 Å². The van der Waals surface area contributed by atoms with Gasteiger partial charge in [0.05, 0.1) is 0 Å². The lowest BCUT2D eigenvalue weighted by Gasteiger charge is -2.04. The summed E-state index contributed by atoms with van der Waals surface area (Å²) in [4.78, 5) is 0. The Labute approximate surface area is 118 Å². The third-order valence-electron chi connectivity index (χ3n) is 3.71. The van der Waals surface area contributed by atoms with E-state index in [2.05, 4.69) is 42.5 Å². The van der Waals surface area contributed by atoms with Gasteiger partial charge in [0.25, 0.3) is 0 Å². The van der Waals surface area contributed by atoms with Crippen LogP contribution in [-0.4, -0.2) is 0 Å². The predicted octanol–water partition coefficient (Wildman–Crippen LogP) is 5.70. The maximum Gasteiger partial charge on any atom is 0.0412 e. The Morgan fingerprint density at radius 2 is 1.58 bits per heavy atom. The third-order valence-corrected chi connectivity index (χ3v) is 3.95. The molecule has 1 aliphatic rings. The molecule has 19 heavy (non-hydrogen) atoms. The van der Waals surface area contributed by atoms with Gasteiger partial charge in [-0.2, -0.15) is 0 Å². The lowest BCUT2D eigenvalue weighted by atomic mass is 10.0. The molecule has 3 aromatic rings. The van der Waals surface area contributed by atoms with Crippen LogP contribution in [0, 0.1) is 0 Å². The molecule has 0 fully saturated rings. The highest BCUT2D eigenvalue weighted by Gasteiger charge is 2.18. The highest BCUT2D eigenvalue weighted by atomic mass is 35.5. The molecule has 94 valence electrons. The van der Waals surface area contributed by atoms with E-state index in [0.29, 0.717) is 0 Å². The molecule has 0 aromatic heterocycles. The molecule has 0 N–H and O–H groups in total. The molecule has 0 saturated carbocycles. The largest absolute Gasteiger partial charge is 0.0843 e. The van der Waals surface area contributed by atoms with Crippen LogP contribution in [0.4, 0.5) is 0 Å². The molecule has 1 aliphatic carbocycles. The van der Waals surface area contributed by atoms with Crippen molar-refractivity contribution in [2.24, 2.45) is 0 Å². The van der Waals surface area contributed by atoms with Crippen molar-refractivity contribution < 1.29 is 0 Å². The quantitative estimate of drug-likeness (QED) is 0.383. The first-order valence-electron chi connectivity index (χ1n) is 6.12. The van der Waals surface area contributed by atoms with Crippen LogP contribution in [0.2, 0.25) is 5.02 Å². The zero-order valence-corrected chi connectivity index (χ0v) is 10.5. The number of benzene rings is 3. The number of hydrogen-bond donors (Lipinski definition) is 0. The van der Waals surface area contributed by atoms with Gasteiger partial charge in [0.15, 0.2) is 0 Å². The Morgan fingerprint density at radius 3 is 2.47 bits per heavy atom. The van der Waals surface area contributed by atoms with E-state index < -0.39 is 0 Å². The molecule has 0 bridgehead atoms. The second kappa shape index (κ2) is 4.40. The monoisotopic (exact) mass is 266 g/mol. The SMILES string of the molecule is C.Clc1ccc2cc3c(cc2c1)Cc1ccccc1-3. The van der Waals surface area contributed by atoms with Crippen LogP contribution >= 0.6 is 11.6 Å². The summed E-state index contributed by atoms with van der Waals surface area (Å²) in [5.41, 5.74) is 5.59. The number of halogens is 1. The predicted molar refractivity (Wildman–Crippen MR) is 83.9 cm³/mol. The van der Waals surface area contributed by atoms with E-state index in [1.807, 2.05) is 12.1 Å². The summed E-state index contributed by atoms with van der Waals surface area (Å²) in [5.74, 6) is 0. The van der Waals surface area contributed by atoms with Gasteiger partial charge >= 0.3 is 0 Å². The molecule has 0 radical (unpaired) electrons. The van der Waals surface area contributed by atoms with Crippen molar-refractivity contribution in [1.82, 2.24) is 0 Å². The summed E-state index contributed by atoms with van der Waals surface area (Å²) in [7, 11) is 0. The molecule has 0 saturated heterocycles. The highest BCUT2D eigenvalue weighted by molar-refractivity contribution is 6.31. The topological polar surface area (TPSA) is 0 Å². The second-order valence-corrected chi connectivity index (χ2v) is 5.27. The summed E-state index contributed by atoms with van der Waals surface area (Å²) in [6, 6.07) is 19.3. The first kappa shape index (κ1) is 12.3. The van der Waals surface area contributed by atoms with Gasteiger partial charge < -0.3 is 0 Å². The Kier molecular flexibility index (Phi) is 2.83. The van der Waals surface area contributed by atoms with Gasteiger partial charge in [-0.1, -0.05) is 55.4 Å². The molecular weight excluding hydrogens is 252 g/mol. The Morgan fingerprint density at radius 1 is 0.737 bits per heavy atom. The molecule has 0 aliphatic heterocycles. The molecule has 4 rings (SSSR count). The normalized spacial score (nSPS) is 11.8. The van der Waals surface area contributed by atoms with Crippen molar-refractivity contribution in [3.63, 3.8) is 0 Å². The fourth-order valence-corrected chi connectivity index (χ4v) is 3.04. The van der Waals surface area contributed by atoms with Gasteiger partial charge in [0.2, 0.25) is 0 Å². The van der Waals surface area contributed by atoms with E-state index in [1.165, 1.54) is 33.0 Å². The van der Waals surface area contributed by atoms with Crippen LogP contribution in [-0.2, 0) is 6.42 Å². The maximum absolute atomic E-state index is 6.06. The van der Waals surface area contributed by atoms with Gasteiger partial charge in [0.1, 0.15) is 0 Å². The summed E-state index contributed by atoms with van der Waals surface area (Å²) in [6.07, 6.45) is 1.04. The molecule has 0 spiro atoms. The lowest BCUT2D eigenvalue weighted by molar-refractivity contribution is 1.27. The molecule has 0 atom stereocenters. The van der Waals surface area contributed by atoms with Crippen LogP contribution < -0.4 is 0 Å². The van der Waals surface area contributed by atoms with E-state index in [4.69, 9.17) is 11.6 Å². The first-order chi connectivity index (χ1) is 8.81. The van der Waals surface area contributed by atoms with Gasteiger partial charge in [-0.3, -0.25) is 0 Å². The standard InChI is InChI=1S/C17H11Cl.CH4/c18-15-6-5-11-10-17-14(8-13(11)9-15)7-12-3-1-2-4-16(12)17;/h1-6,8-10H,7H2;1H4. The van der Waals surface area contributed by atoms with Crippen molar-refractivity contribution in [2.45, 2.75) is 13.8 Å². The number of fused-ring (bicyclic) bond motifs is 4. The minimum absolute atomic E-state index is 0. The van der Waals surface area contributed by atoms with Gasteiger partial charge in [0, 0.05) is 5.02 Å². The summed E-state index contributed by atoms with van der Waals surface area (Å²) in [5, 5.41) is 3.29. The molecule has 1 heteroatoms. The van der Waals surface area contributed by atoms with Crippen molar-refractivity contribution >= 4 is 22.4 Å². The average Bonchev–Trinajstić information content (AvgIpc) is 2.73. The Hall–Kier alpha value is -1.79. The molecule has 0 nitrogen and oxygen atoms in total. The summed E-state index contributed by atoms with van der Waals surface area (Å²) >= 11 is 6.06. The molecular formula is C18H15Cl. The van der Waals surface area contributed by atoms with Gasteiger partial charge in [-0.25, -0.2) is 0 Å². The van der Waals surface area contributed by atoms with Crippen LogP contribution in [0.1, 0.15) is 18.6 Å². The first-order valence-corrected chi connectivity index (χ1v) is 6.49. The van der Waals surface area contributed by atoms with Crippen molar-refractivity contribution in [2.75, 3.05) is 0 Å². The van der Waals surface area contributed by atoms with Crippen molar-refractivity contribution in [3.05, 3.63) is 70.7 Å². The van der Waals surface area contributed by atoms with E-state index in [-0.39, 0.29) is 7.43 Å². The summed E-state index contributed by atoms with van der Waals surface area (Å²) < 4.78 is 0. The minimum atomic E-state index is 0.